The summed E-state index contributed by atoms with van der Waals surface area (Å²) in [7, 11) is 0. The van der Waals surface area contributed by atoms with E-state index in [0.717, 1.165) is 0 Å². The van der Waals surface area contributed by atoms with Crippen LogP contribution in [0.3, 0.4) is 0 Å². The first-order chi connectivity index (χ1) is 4.89. The molecule has 0 amide bonds. The van der Waals surface area contributed by atoms with Crippen LogP contribution in [0, 0.1) is 0 Å². The minimum atomic E-state index is -0.661. The van der Waals surface area contributed by atoms with Gasteiger partial charge in [-0.3, -0.25) is 4.79 Å². The summed E-state index contributed by atoms with van der Waals surface area (Å²) < 4.78 is 4.20. The number of carbonyl (C=O) groups is 1. The van der Waals surface area contributed by atoms with Crippen LogP contribution < -0.4 is 5.73 Å². The Labute approximate surface area is 84.9 Å². The predicted molar refractivity (Wildman–Crippen MR) is 54.9 cm³/mol. The van der Waals surface area contributed by atoms with E-state index < -0.39 is 16.8 Å². The SMILES string of the molecule is CCOC(=O)[C@H](N)C(C)(C)S.Cl. The average Bonchev–Trinajstić information content (AvgIpc) is 1.85. The number of halogens is 1. The highest BCUT2D eigenvalue weighted by Crippen LogP contribution is 2.16. The van der Waals surface area contributed by atoms with Crippen LogP contribution in [0.1, 0.15) is 20.8 Å². The smallest absolute Gasteiger partial charge is 0.324 e. The van der Waals surface area contributed by atoms with Gasteiger partial charge in [-0.05, 0) is 20.8 Å². The van der Waals surface area contributed by atoms with Gasteiger partial charge in [0.1, 0.15) is 6.04 Å². The summed E-state index contributed by atoms with van der Waals surface area (Å²) in [5, 5.41) is 0. The lowest BCUT2D eigenvalue weighted by molar-refractivity contribution is -0.145. The molecule has 0 heterocycles. The Morgan fingerprint density at radius 3 is 2.33 bits per heavy atom. The van der Waals surface area contributed by atoms with Gasteiger partial charge < -0.3 is 10.5 Å². The summed E-state index contributed by atoms with van der Waals surface area (Å²) in [6.07, 6.45) is 0. The molecule has 0 fully saturated rings. The number of thiol groups is 1. The largest absolute Gasteiger partial charge is 0.465 e. The molecule has 0 bridgehead atoms. The van der Waals surface area contributed by atoms with Gasteiger partial charge >= 0.3 is 5.97 Å². The van der Waals surface area contributed by atoms with Crippen molar-refractivity contribution in [3.05, 3.63) is 0 Å². The quantitative estimate of drug-likeness (QED) is 0.544. The van der Waals surface area contributed by atoms with Crippen molar-refractivity contribution >= 4 is 31.0 Å². The molecule has 2 N–H and O–H groups in total. The highest BCUT2D eigenvalue weighted by molar-refractivity contribution is 7.81. The van der Waals surface area contributed by atoms with Gasteiger partial charge in [-0.2, -0.15) is 12.6 Å². The fraction of sp³-hybridized carbons (Fsp3) is 0.857. The molecule has 1 atom stereocenters. The number of nitrogens with two attached hydrogens (primary N) is 1. The first-order valence-corrected chi connectivity index (χ1v) is 3.99. The van der Waals surface area contributed by atoms with Crippen LogP contribution in [0.4, 0.5) is 0 Å². The summed E-state index contributed by atoms with van der Waals surface area (Å²) in [5.74, 6) is -0.396. The number of ether oxygens (including phenoxy) is 1. The van der Waals surface area contributed by atoms with Crippen molar-refractivity contribution in [1.82, 2.24) is 0 Å². The Kier molecular flexibility index (Phi) is 6.89. The van der Waals surface area contributed by atoms with E-state index >= 15 is 0 Å². The first-order valence-electron chi connectivity index (χ1n) is 3.54. The highest BCUT2D eigenvalue weighted by atomic mass is 35.5. The van der Waals surface area contributed by atoms with Crippen LogP contribution in [0.2, 0.25) is 0 Å². The normalized spacial score (nSPS) is 13.1. The van der Waals surface area contributed by atoms with Gasteiger partial charge in [-0.15, -0.1) is 12.4 Å². The van der Waals surface area contributed by atoms with Crippen molar-refractivity contribution in [2.45, 2.75) is 31.6 Å². The number of rotatable bonds is 3. The monoisotopic (exact) mass is 213 g/mol. The molecule has 0 aromatic carbocycles. The Morgan fingerprint density at radius 2 is 2.08 bits per heavy atom. The maximum absolute atomic E-state index is 11.0. The zero-order valence-electron chi connectivity index (χ0n) is 7.53. The van der Waals surface area contributed by atoms with Crippen molar-refractivity contribution in [3.8, 4) is 0 Å². The minimum absolute atomic E-state index is 0. The molecule has 0 aromatic rings. The van der Waals surface area contributed by atoms with Gasteiger partial charge in [0.05, 0.1) is 6.61 Å². The van der Waals surface area contributed by atoms with E-state index in [0.29, 0.717) is 6.61 Å². The van der Waals surface area contributed by atoms with Crippen LogP contribution in [0.25, 0.3) is 0 Å². The molecule has 0 saturated heterocycles. The van der Waals surface area contributed by atoms with Gasteiger partial charge in [-0.25, -0.2) is 0 Å². The highest BCUT2D eigenvalue weighted by Gasteiger charge is 2.29. The minimum Gasteiger partial charge on any atom is -0.465 e. The summed E-state index contributed by atoms with van der Waals surface area (Å²) in [6, 6.07) is -0.661. The number of hydrogen-bond acceptors (Lipinski definition) is 4. The van der Waals surface area contributed by atoms with Gasteiger partial charge in [0.25, 0.3) is 0 Å². The molecular weight excluding hydrogens is 198 g/mol. The van der Waals surface area contributed by atoms with Gasteiger partial charge in [0, 0.05) is 4.75 Å². The molecule has 0 aromatic heterocycles. The predicted octanol–water partition coefficient (Wildman–Crippen LogP) is 1.01. The van der Waals surface area contributed by atoms with Gasteiger partial charge in [-0.1, -0.05) is 0 Å². The van der Waals surface area contributed by atoms with Gasteiger partial charge in [0.15, 0.2) is 0 Å². The molecule has 0 spiro atoms. The zero-order chi connectivity index (χ0) is 9.07. The first kappa shape index (κ1) is 14.6. The molecule has 0 unspecified atom stereocenters. The maximum Gasteiger partial charge on any atom is 0.324 e. The van der Waals surface area contributed by atoms with E-state index in [4.69, 9.17) is 10.5 Å². The molecule has 0 radical (unpaired) electrons. The molecule has 0 aliphatic carbocycles. The number of hydrogen-bond donors (Lipinski definition) is 2. The van der Waals surface area contributed by atoms with Gasteiger partial charge in [0.2, 0.25) is 0 Å². The number of esters is 1. The Balaban J connectivity index is 0. The molecule has 74 valence electrons. The molecule has 0 aliphatic heterocycles. The topological polar surface area (TPSA) is 52.3 Å². The van der Waals surface area contributed by atoms with Crippen molar-refractivity contribution in [2.75, 3.05) is 6.61 Å². The van der Waals surface area contributed by atoms with E-state index in [1.807, 2.05) is 0 Å². The fourth-order valence-electron chi connectivity index (χ4n) is 0.520. The van der Waals surface area contributed by atoms with Crippen molar-refractivity contribution < 1.29 is 9.53 Å². The van der Waals surface area contributed by atoms with E-state index in [-0.39, 0.29) is 12.4 Å². The molecule has 0 rings (SSSR count). The lowest BCUT2D eigenvalue weighted by Gasteiger charge is -2.23. The van der Waals surface area contributed by atoms with E-state index in [9.17, 15) is 4.79 Å². The van der Waals surface area contributed by atoms with Crippen molar-refractivity contribution in [3.63, 3.8) is 0 Å². The molecule has 0 aliphatic rings. The Morgan fingerprint density at radius 1 is 1.67 bits per heavy atom. The van der Waals surface area contributed by atoms with Crippen LogP contribution in [0.5, 0.6) is 0 Å². The third-order valence-electron chi connectivity index (χ3n) is 1.30. The average molecular weight is 214 g/mol. The summed E-state index contributed by atoms with van der Waals surface area (Å²) >= 11 is 4.16. The maximum atomic E-state index is 11.0. The zero-order valence-corrected chi connectivity index (χ0v) is 9.24. The summed E-state index contributed by atoms with van der Waals surface area (Å²) in [5.41, 5.74) is 5.53. The van der Waals surface area contributed by atoms with Crippen LogP contribution in [-0.4, -0.2) is 23.4 Å². The fourth-order valence-corrected chi connectivity index (χ4v) is 0.626. The molecule has 12 heavy (non-hydrogen) atoms. The van der Waals surface area contributed by atoms with Crippen LogP contribution in [-0.2, 0) is 9.53 Å². The Hall–Kier alpha value is 0.0700. The van der Waals surface area contributed by atoms with E-state index in [2.05, 4.69) is 12.6 Å². The Bertz CT molecular complexity index is 147. The lowest BCUT2D eigenvalue weighted by atomic mass is 10.1. The van der Waals surface area contributed by atoms with Crippen molar-refractivity contribution in [2.24, 2.45) is 5.73 Å². The third kappa shape index (κ3) is 4.85. The lowest BCUT2D eigenvalue weighted by Crippen LogP contribution is -2.46. The second-order valence-electron chi connectivity index (χ2n) is 2.88. The summed E-state index contributed by atoms with van der Waals surface area (Å²) in [6.45, 7) is 5.65. The van der Waals surface area contributed by atoms with E-state index in [1.54, 1.807) is 20.8 Å². The molecule has 5 heteroatoms. The van der Waals surface area contributed by atoms with Crippen LogP contribution >= 0.6 is 25.0 Å². The molecule has 0 saturated carbocycles. The van der Waals surface area contributed by atoms with Crippen LogP contribution in [0.15, 0.2) is 0 Å². The second-order valence-corrected chi connectivity index (χ2v) is 4.04. The second kappa shape index (κ2) is 5.67. The third-order valence-corrected chi connectivity index (χ3v) is 1.58. The van der Waals surface area contributed by atoms with Crippen molar-refractivity contribution in [1.29, 1.82) is 0 Å². The molecular formula is C7H16ClNO2S. The standard InChI is InChI=1S/C7H15NO2S.ClH/c1-4-10-6(9)5(8)7(2,3)11;/h5,11H,4,8H2,1-3H3;1H/t5-;/m0./s1. The summed E-state index contributed by atoms with van der Waals surface area (Å²) in [4.78, 5) is 11.0. The van der Waals surface area contributed by atoms with E-state index in [1.165, 1.54) is 0 Å². The number of carbonyl (C=O) groups excluding carboxylic acids is 1. The molecule has 3 nitrogen and oxygen atoms in total.